The molecule has 36 heteroatoms. The molecule has 36 nitrogen and oxygen atoms in total. The van der Waals surface area contributed by atoms with Crippen LogP contribution in [0.2, 0.25) is 0 Å². The first kappa shape index (κ1) is 61.4. The second kappa shape index (κ2) is 22.5. The van der Waals surface area contributed by atoms with Gasteiger partial charge in [-0.2, -0.15) is 0 Å². The molecule has 0 aliphatic carbocycles. The van der Waals surface area contributed by atoms with Crippen LogP contribution in [0.5, 0.6) is 109 Å². The Kier molecular flexibility index (Phi) is 15.4. The SMILES string of the molecule is O=C(OC1OC(CO)C(O)C2OC(=O)c3cc(c(O)c(O)c3O)-c3c(cc(O)c(O)c3O)C(=O)OC12)c1cc(O)c(O)c(Oc2c(C(=O)OC3OC4COC(=O)c5cc(O)c(O)c(O)c5-c5c(cc(O)c(O)c5O)C(=O)OC4C(O)C3O)cc(O)c(O)c2O)c1. The molecular weight excluding hydrogens is 1220 g/mol. The first-order valence-electron chi connectivity index (χ1n) is 25.2. The van der Waals surface area contributed by atoms with E-state index in [4.69, 9.17) is 42.6 Å². The van der Waals surface area contributed by atoms with E-state index >= 15 is 0 Å². The third-order valence-electron chi connectivity index (χ3n) is 14.3. The molecule has 2 saturated heterocycles. The number of carbonyl (C=O) groups is 6. The lowest BCUT2D eigenvalue weighted by molar-refractivity contribution is -0.284. The number of fused-ring (bicyclic) bond motifs is 9. The first-order valence-corrected chi connectivity index (χ1v) is 25.2. The summed E-state index contributed by atoms with van der Waals surface area (Å²) < 4.78 is 48.6. The number of rotatable bonds is 7. The minimum absolute atomic E-state index is 0.304. The monoisotopic (exact) mass is 1270 g/mol. The van der Waals surface area contributed by atoms with Crippen molar-refractivity contribution in [2.24, 2.45) is 0 Å². The fraction of sp³-hybridized carbons (Fsp3) is 0.222. The van der Waals surface area contributed by atoms with Crippen LogP contribution in [-0.4, -0.2) is 218 Å². The predicted octanol–water partition coefficient (Wildman–Crippen LogP) is -0.193. The van der Waals surface area contributed by atoms with E-state index in [2.05, 4.69) is 0 Å². The Morgan fingerprint density at radius 1 is 0.422 bits per heavy atom. The molecule has 0 amide bonds. The molecule has 4 aliphatic heterocycles. The number of phenols is 17. The van der Waals surface area contributed by atoms with Crippen LogP contribution in [0.25, 0.3) is 22.3 Å². The molecule has 0 aromatic heterocycles. The molecule has 0 spiro atoms. The van der Waals surface area contributed by atoms with Gasteiger partial charge in [-0.25, -0.2) is 28.8 Å². The van der Waals surface area contributed by atoms with Crippen molar-refractivity contribution < 1.29 is 179 Å². The van der Waals surface area contributed by atoms with E-state index in [0.29, 0.717) is 42.5 Å². The van der Waals surface area contributed by atoms with Crippen LogP contribution < -0.4 is 4.74 Å². The third kappa shape index (κ3) is 10.1. The highest BCUT2D eigenvalue weighted by Crippen LogP contribution is 2.56. The average molecular weight is 1270 g/mol. The van der Waals surface area contributed by atoms with Gasteiger partial charge in [0, 0.05) is 28.3 Å². The molecule has 2 fully saturated rings. The summed E-state index contributed by atoms with van der Waals surface area (Å²) in [6.45, 7) is -2.43. The van der Waals surface area contributed by atoms with Gasteiger partial charge in [-0.3, -0.25) is 0 Å². The van der Waals surface area contributed by atoms with Gasteiger partial charge in [0.2, 0.25) is 58.9 Å². The highest BCUT2D eigenvalue weighted by Gasteiger charge is 2.54. The van der Waals surface area contributed by atoms with Crippen LogP contribution in [0.15, 0.2) is 42.5 Å². The van der Waals surface area contributed by atoms with Gasteiger partial charge in [-0.15, -0.1) is 0 Å². The van der Waals surface area contributed by atoms with Crippen molar-refractivity contribution in [1.29, 1.82) is 0 Å². The molecular formula is C54H42O36. The van der Waals surface area contributed by atoms with Crippen molar-refractivity contribution in [3.8, 4) is 131 Å². The molecule has 21 N–H and O–H groups in total. The third-order valence-corrected chi connectivity index (χ3v) is 14.3. The van der Waals surface area contributed by atoms with Crippen molar-refractivity contribution in [2.45, 2.75) is 61.4 Å². The molecule has 6 aromatic carbocycles. The van der Waals surface area contributed by atoms with E-state index in [-0.39, 0.29) is 0 Å². The fourth-order valence-electron chi connectivity index (χ4n) is 9.79. The van der Waals surface area contributed by atoms with E-state index in [1.807, 2.05) is 0 Å². The Hall–Kier alpha value is -11.7. The number of cyclic esters (lactones) is 1. The van der Waals surface area contributed by atoms with Crippen molar-refractivity contribution in [2.75, 3.05) is 13.2 Å². The zero-order valence-electron chi connectivity index (χ0n) is 44.2. The quantitative estimate of drug-likeness (QED) is 0.0559. The van der Waals surface area contributed by atoms with Crippen LogP contribution in [0.3, 0.4) is 0 Å². The Bertz CT molecular complexity index is 4080. The number of carbonyl (C=O) groups excluding carboxylic acids is 6. The van der Waals surface area contributed by atoms with Crippen LogP contribution in [0.4, 0.5) is 0 Å². The number of aromatic hydroxyl groups is 17. The predicted molar refractivity (Wildman–Crippen MR) is 276 cm³/mol. The van der Waals surface area contributed by atoms with Gasteiger partial charge in [-0.05, 0) is 36.4 Å². The summed E-state index contributed by atoms with van der Waals surface area (Å²) in [7, 11) is 0. The Morgan fingerprint density at radius 2 is 0.900 bits per heavy atom. The molecule has 0 radical (unpaired) electrons. The number of aliphatic hydroxyl groups excluding tert-OH is 4. The highest BCUT2D eigenvalue weighted by atomic mass is 16.7. The van der Waals surface area contributed by atoms with Gasteiger partial charge in [0.1, 0.15) is 48.3 Å². The summed E-state index contributed by atoms with van der Waals surface area (Å²) in [5.41, 5.74) is -10.3. The topological polar surface area (TPSA) is 610 Å². The second-order valence-electron chi connectivity index (χ2n) is 19.7. The summed E-state index contributed by atoms with van der Waals surface area (Å²) in [5.74, 6) is -36.5. The lowest BCUT2D eigenvalue weighted by Crippen LogP contribution is -2.62. The maximum absolute atomic E-state index is 14.1. The maximum Gasteiger partial charge on any atom is 0.344 e. The lowest BCUT2D eigenvalue weighted by Gasteiger charge is -2.42. The number of benzene rings is 6. The Morgan fingerprint density at radius 3 is 1.49 bits per heavy atom. The number of esters is 6. The van der Waals surface area contributed by atoms with Gasteiger partial charge in [0.25, 0.3) is 0 Å². The minimum Gasteiger partial charge on any atom is -0.504 e. The van der Waals surface area contributed by atoms with E-state index in [9.17, 15) is 136 Å². The molecule has 2 bridgehead atoms. The van der Waals surface area contributed by atoms with Crippen molar-refractivity contribution >= 4 is 35.8 Å². The molecule has 6 aromatic rings. The van der Waals surface area contributed by atoms with Crippen LogP contribution in [0, 0.1) is 0 Å². The first-order chi connectivity index (χ1) is 42.4. The number of aliphatic hydroxyl groups is 4. The average Bonchev–Trinajstić information content (AvgIpc) is 1.25. The molecule has 4 aliphatic rings. The minimum atomic E-state index is -2.57. The van der Waals surface area contributed by atoms with Gasteiger partial charge in [-0.1, -0.05) is 0 Å². The largest absolute Gasteiger partial charge is 0.504 e. The van der Waals surface area contributed by atoms with Crippen molar-refractivity contribution in [1.82, 2.24) is 0 Å². The summed E-state index contributed by atoms with van der Waals surface area (Å²) >= 11 is 0. The van der Waals surface area contributed by atoms with Gasteiger partial charge in [0.15, 0.2) is 81.2 Å². The molecule has 474 valence electrons. The number of ether oxygens (including phenoxy) is 9. The van der Waals surface area contributed by atoms with Crippen LogP contribution >= 0.6 is 0 Å². The van der Waals surface area contributed by atoms with Crippen molar-refractivity contribution in [3.05, 3.63) is 75.8 Å². The Labute approximate surface area is 495 Å². The standard InChI is InChI=1S/C54H42O36/c55-8-23-35(68)45-46(88-49(78)12-4-18(57)31(64)36(69)25(12)11-3-15(51(80)87-45)29(62)39(72)28(11)61)54(84-23)89-47(76)10-1-17(56)30(63)22(2-10)83-43-16(7-21(60)34(67)40(43)73)52(81)90-53-42(75)41(74)44-24(85-53)9-82-48(77)13-5-19(58)32(65)37(70)26(13)27-14(50(79)86-44)6-20(59)33(66)38(27)71/h1-7,23-24,35,41-42,44-46,53-75H,8-9H2. The van der Waals surface area contributed by atoms with Gasteiger partial charge in [0.05, 0.1) is 28.9 Å². The van der Waals surface area contributed by atoms with E-state index in [1.165, 1.54) is 0 Å². The normalized spacial score (nSPS) is 23.0. The zero-order chi connectivity index (χ0) is 65.7. The highest BCUT2D eigenvalue weighted by molar-refractivity contribution is 6.09. The maximum atomic E-state index is 14.1. The van der Waals surface area contributed by atoms with E-state index in [1.54, 1.807) is 0 Å². The number of hydrogen-bond donors (Lipinski definition) is 21. The molecule has 10 unspecified atom stereocenters. The summed E-state index contributed by atoms with van der Waals surface area (Å²) in [5, 5.41) is 226. The van der Waals surface area contributed by atoms with E-state index in [0.717, 1.165) is 0 Å². The van der Waals surface area contributed by atoms with Crippen molar-refractivity contribution in [3.63, 3.8) is 0 Å². The number of hydrogen-bond acceptors (Lipinski definition) is 36. The lowest BCUT2D eigenvalue weighted by atomic mass is 9.92. The van der Waals surface area contributed by atoms with Crippen LogP contribution in [-0.2, 0) is 37.9 Å². The molecule has 10 rings (SSSR count). The molecule has 10 atom stereocenters. The van der Waals surface area contributed by atoms with Crippen LogP contribution in [0.1, 0.15) is 62.1 Å². The molecule has 0 saturated carbocycles. The van der Waals surface area contributed by atoms with Gasteiger partial charge < -0.3 is 150 Å². The summed E-state index contributed by atoms with van der Waals surface area (Å²) in [4.78, 5) is 83.7. The summed E-state index contributed by atoms with van der Waals surface area (Å²) in [6.07, 6.45) is -23.6. The van der Waals surface area contributed by atoms with Gasteiger partial charge >= 0.3 is 35.8 Å². The zero-order valence-corrected chi connectivity index (χ0v) is 44.2. The fourth-order valence-corrected chi connectivity index (χ4v) is 9.79. The summed E-state index contributed by atoms with van der Waals surface area (Å²) in [6, 6.07) is 3.04. The smallest absolute Gasteiger partial charge is 0.344 e. The molecule has 4 heterocycles. The second-order valence-corrected chi connectivity index (χ2v) is 19.7. The molecule has 90 heavy (non-hydrogen) atoms. The van der Waals surface area contributed by atoms with E-state index < -0.39 is 275 Å². The Balaban J connectivity index is 0.950. The number of phenolic OH excluding ortho intramolecular Hbond substituents is 17.